The number of nitrogens with one attached hydrogen (secondary N) is 1. The molecule has 0 aliphatic heterocycles. The third-order valence-electron chi connectivity index (χ3n) is 2.78. The summed E-state index contributed by atoms with van der Waals surface area (Å²) in [7, 11) is 0. The van der Waals surface area contributed by atoms with Gasteiger partial charge in [0.2, 0.25) is 0 Å². The van der Waals surface area contributed by atoms with E-state index in [1.807, 2.05) is 6.07 Å². The van der Waals surface area contributed by atoms with Crippen LogP contribution in [0.1, 0.15) is 22.3 Å². The highest BCUT2D eigenvalue weighted by Crippen LogP contribution is 2.37. The van der Waals surface area contributed by atoms with Crippen LogP contribution >= 0.6 is 22.7 Å². The van der Waals surface area contributed by atoms with Crippen molar-refractivity contribution in [2.24, 2.45) is 0 Å². The largest absolute Gasteiger partial charge is 0.461 e. The van der Waals surface area contributed by atoms with E-state index in [4.69, 9.17) is 4.74 Å². The van der Waals surface area contributed by atoms with E-state index in [1.54, 1.807) is 29.6 Å². The predicted molar refractivity (Wildman–Crippen MR) is 80.2 cm³/mol. The van der Waals surface area contributed by atoms with E-state index in [1.165, 1.54) is 14.6 Å². The zero-order valence-electron chi connectivity index (χ0n) is 10.6. The molecule has 0 fully saturated rings. The summed E-state index contributed by atoms with van der Waals surface area (Å²) in [5, 5.41) is 0. The van der Waals surface area contributed by atoms with Gasteiger partial charge in [-0.05, 0) is 38.1 Å². The first-order valence-corrected chi connectivity index (χ1v) is 7.67. The van der Waals surface area contributed by atoms with Gasteiger partial charge >= 0.3 is 5.97 Å². The third-order valence-corrected chi connectivity index (χ3v) is 5.06. The minimum atomic E-state index is -0.292. The number of fused-ring (bicyclic) bond motifs is 1. The Bertz CT molecular complexity index is 704. The fourth-order valence-corrected chi connectivity index (χ4v) is 3.94. The number of rotatable bonds is 3. The summed E-state index contributed by atoms with van der Waals surface area (Å²) in [5.74, 6) is -0.292. The second-order valence-corrected chi connectivity index (χ2v) is 6.57. The van der Waals surface area contributed by atoms with Crippen LogP contribution < -0.4 is 0 Å². The van der Waals surface area contributed by atoms with Crippen LogP contribution in [0.2, 0.25) is 0 Å². The van der Waals surface area contributed by atoms with Gasteiger partial charge in [-0.3, -0.25) is 0 Å². The Balaban J connectivity index is 1.95. The number of aryl methyl sites for hydroxylation is 1. The average Bonchev–Trinajstić information content (AvgIpc) is 3.01. The Hall–Kier alpha value is -1.59. The molecule has 0 bridgehead atoms. The zero-order valence-corrected chi connectivity index (χ0v) is 12.3. The smallest absolute Gasteiger partial charge is 0.354 e. The first kappa shape index (κ1) is 12.4. The maximum Gasteiger partial charge on any atom is 0.354 e. The quantitative estimate of drug-likeness (QED) is 0.725. The van der Waals surface area contributed by atoms with Crippen molar-refractivity contribution in [2.45, 2.75) is 13.8 Å². The molecule has 0 spiro atoms. The maximum absolute atomic E-state index is 11.6. The van der Waals surface area contributed by atoms with Gasteiger partial charge < -0.3 is 9.72 Å². The SMILES string of the molecule is CCOC(=O)c1cc2sc(-c3ccc(C)s3)cc2[nH]1. The average molecular weight is 291 g/mol. The molecule has 19 heavy (non-hydrogen) atoms. The molecule has 3 aromatic rings. The van der Waals surface area contributed by atoms with E-state index in [0.29, 0.717) is 12.3 Å². The molecule has 0 aliphatic carbocycles. The molecule has 0 saturated carbocycles. The van der Waals surface area contributed by atoms with E-state index < -0.39 is 0 Å². The van der Waals surface area contributed by atoms with Crippen molar-refractivity contribution >= 4 is 38.9 Å². The Labute approximate surface area is 118 Å². The summed E-state index contributed by atoms with van der Waals surface area (Å²) in [5.41, 5.74) is 1.52. The van der Waals surface area contributed by atoms with Gasteiger partial charge in [0, 0.05) is 14.6 Å². The third kappa shape index (κ3) is 2.31. The summed E-state index contributed by atoms with van der Waals surface area (Å²) < 4.78 is 6.07. The van der Waals surface area contributed by atoms with Crippen LogP contribution in [0.25, 0.3) is 20.0 Å². The molecule has 0 aliphatic rings. The fourth-order valence-electron chi connectivity index (χ4n) is 1.93. The van der Waals surface area contributed by atoms with Gasteiger partial charge in [-0.25, -0.2) is 4.79 Å². The van der Waals surface area contributed by atoms with Crippen molar-refractivity contribution < 1.29 is 9.53 Å². The number of aromatic amines is 1. The molecule has 98 valence electrons. The molecule has 3 rings (SSSR count). The number of hydrogen-bond donors (Lipinski definition) is 1. The van der Waals surface area contributed by atoms with Crippen LogP contribution in [0.4, 0.5) is 0 Å². The molecular weight excluding hydrogens is 278 g/mol. The fraction of sp³-hybridized carbons (Fsp3) is 0.214. The summed E-state index contributed by atoms with van der Waals surface area (Å²) in [4.78, 5) is 18.5. The van der Waals surface area contributed by atoms with Gasteiger partial charge in [0.05, 0.1) is 16.8 Å². The molecule has 0 atom stereocenters. The number of ether oxygens (including phenoxy) is 1. The van der Waals surface area contributed by atoms with Crippen molar-refractivity contribution in [1.82, 2.24) is 4.98 Å². The first-order valence-electron chi connectivity index (χ1n) is 6.04. The number of carbonyl (C=O) groups excluding carboxylic acids is 1. The molecule has 0 aromatic carbocycles. The highest BCUT2D eigenvalue weighted by atomic mass is 32.1. The van der Waals surface area contributed by atoms with Crippen molar-refractivity contribution in [3.63, 3.8) is 0 Å². The van der Waals surface area contributed by atoms with Gasteiger partial charge in [0.15, 0.2) is 0 Å². The van der Waals surface area contributed by atoms with Gasteiger partial charge in [0.1, 0.15) is 5.69 Å². The molecule has 1 N–H and O–H groups in total. The number of carbonyl (C=O) groups is 1. The highest BCUT2D eigenvalue weighted by molar-refractivity contribution is 7.26. The van der Waals surface area contributed by atoms with Crippen LogP contribution in [-0.4, -0.2) is 17.6 Å². The molecule has 5 heteroatoms. The lowest BCUT2D eigenvalue weighted by atomic mass is 10.3. The molecule has 0 amide bonds. The number of aromatic nitrogens is 1. The monoisotopic (exact) mass is 291 g/mol. The van der Waals surface area contributed by atoms with E-state index in [2.05, 4.69) is 30.1 Å². The zero-order chi connectivity index (χ0) is 13.4. The molecular formula is C14H13NO2S2. The molecule has 3 aromatic heterocycles. The number of hydrogen-bond acceptors (Lipinski definition) is 4. The number of esters is 1. The first-order chi connectivity index (χ1) is 9.17. The Morgan fingerprint density at radius 1 is 1.26 bits per heavy atom. The van der Waals surface area contributed by atoms with Crippen molar-refractivity contribution in [2.75, 3.05) is 6.61 Å². The van der Waals surface area contributed by atoms with E-state index in [-0.39, 0.29) is 5.97 Å². The number of thiophene rings is 2. The van der Waals surface area contributed by atoms with Crippen molar-refractivity contribution in [3.05, 3.63) is 34.8 Å². The lowest BCUT2D eigenvalue weighted by molar-refractivity contribution is 0.0520. The highest BCUT2D eigenvalue weighted by Gasteiger charge is 2.13. The summed E-state index contributed by atoms with van der Waals surface area (Å²) in [6, 6.07) is 8.21. The predicted octanol–water partition coefficient (Wildman–Crippen LogP) is 4.44. The molecule has 0 unspecified atom stereocenters. The maximum atomic E-state index is 11.6. The second-order valence-electron chi connectivity index (χ2n) is 4.20. The Morgan fingerprint density at radius 3 is 2.74 bits per heavy atom. The van der Waals surface area contributed by atoms with Gasteiger partial charge in [-0.1, -0.05) is 0 Å². The topological polar surface area (TPSA) is 42.1 Å². The van der Waals surface area contributed by atoms with Crippen LogP contribution in [0.15, 0.2) is 24.3 Å². The lowest BCUT2D eigenvalue weighted by Gasteiger charge is -1.97. The van der Waals surface area contributed by atoms with Crippen LogP contribution in [0.5, 0.6) is 0 Å². The summed E-state index contributed by atoms with van der Waals surface area (Å²) in [6.45, 7) is 4.30. The minimum absolute atomic E-state index is 0.292. The molecule has 3 nitrogen and oxygen atoms in total. The Morgan fingerprint density at radius 2 is 2.11 bits per heavy atom. The lowest BCUT2D eigenvalue weighted by Crippen LogP contribution is -2.04. The van der Waals surface area contributed by atoms with Crippen molar-refractivity contribution in [1.29, 1.82) is 0 Å². The standard InChI is InChI=1S/C14H13NO2S2/c1-3-17-14(16)10-7-12-9(15-10)6-13(19-12)11-5-4-8(2)18-11/h4-7,15H,3H2,1-2H3. The van der Waals surface area contributed by atoms with Crippen LogP contribution in [0.3, 0.4) is 0 Å². The summed E-state index contributed by atoms with van der Waals surface area (Å²) in [6.07, 6.45) is 0. The normalized spacial score (nSPS) is 11.1. The molecule has 3 heterocycles. The number of H-pyrrole nitrogens is 1. The minimum Gasteiger partial charge on any atom is -0.461 e. The van der Waals surface area contributed by atoms with E-state index in [9.17, 15) is 4.79 Å². The van der Waals surface area contributed by atoms with Gasteiger partial charge in [0.25, 0.3) is 0 Å². The second kappa shape index (κ2) is 4.83. The van der Waals surface area contributed by atoms with Gasteiger partial charge in [-0.2, -0.15) is 0 Å². The molecule has 0 saturated heterocycles. The van der Waals surface area contributed by atoms with Crippen LogP contribution in [0, 0.1) is 6.92 Å². The molecule has 0 radical (unpaired) electrons. The van der Waals surface area contributed by atoms with Gasteiger partial charge in [-0.15, -0.1) is 22.7 Å². The van der Waals surface area contributed by atoms with E-state index in [0.717, 1.165) is 10.2 Å². The van der Waals surface area contributed by atoms with Crippen molar-refractivity contribution in [3.8, 4) is 9.75 Å². The van der Waals surface area contributed by atoms with Crippen LogP contribution in [-0.2, 0) is 4.74 Å². The summed E-state index contributed by atoms with van der Waals surface area (Å²) >= 11 is 3.47. The van der Waals surface area contributed by atoms with E-state index >= 15 is 0 Å². The Kier molecular flexibility index (Phi) is 3.16.